The molecule has 0 aliphatic carbocycles. The van der Waals surface area contributed by atoms with Crippen LogP contribution in [-0.4, -0.2) is 41.9 Å². The molecule has 2 aliphatic heterocycles. The molecule has 3 heterocycles. The van der Waals surface area contributed by atoms with Crippen molar-refractivity contribution in [3.05, 3.63) is 71.7 Å². The highest BCUT2D eigenvalue weighted by molar-refractivity contribution is 5.96. The van der Waals surface area contributed by atoms with Crippen LogP contribution in [0.1, 0.15) is 35.4 Å². The number of piperidine rings is 1. The lowest BCUT2D eigenvalue weighted by molar-refractivity contribution is 0.0651. The second kappa shape index (κ2) is 7.30. The van der Waals surface area contributed by atoms with Gasteiger partial charge in [0.05, 0.1) is 0 Å². The standard InChI is InChI=1S/C24H25FN2O2/c25-20-8-3-1-7-19(20)15-26-12-5-10-24(16-26)11-13-27(17-24)23(28)22-14-18-6-2-4-9-21(18)29-22/h1-4,6-9,14H,5,10-13,15-17H2. The number of furan rings is 1. The van der Waals surface area contributed by atoms with Gasteiger partial charge in [-0.25, -0.2) is 4.39 Å². The van der Waals surface area contributed by atoms with Gasteiger partial charge in [0.25, 0.3) is 5.91 Å². The predicted octanol–water partition coefficient (Wildman–Crippen LogP) is 4.70. The van der Waals surface area contributed by atoms with Gasteiger partial charge in [-0.2, -0.15) is 0 Å². The van der Waals surface area contributed by atoms with Crippen molar-refractivity contribution < 1.29 is 13.6 Å². The molecule has 0 bridgehead atoms. The molecule has 1 spiro atoms. The number of rotatable bonds is 3. The minimum Gasteiger partial charge on any atom is -0.451 e. The molecule has 2 aromatic carbocycles. The van der Waals surface area contributed by atoms with Crippen molar-refractivity contribution >= 4 is 16.9 Å². The van der Waals surface area contributed by atoms with E-state index >= 15 is 0 Å². The third-order valence-corrected chi connectivity index (χ3v) is 6.45. The minimum atomic E-state index is -0.139. The van der Waals surface area contributed by atoms with Crippen LogP contribution in [0.25, 0.3) is 11.0 Å². The van der Waals surface area contributed by atoms with Gasteiger partial charge < -0.3 is 9.32 Å². The molecule has 3 aromatic rings. The van der Waals surface area contributed by atoms with Crippen LogP contribution in [-0.2, 0) is 6.54 Å². The average Bonchev–Trinajstić information content (AvgIpc) is 3.34. The van der Waals surface area contributed by atoms with Crippen LogP contribution >= 0.6 is 0 Å². The van der Waals surface area contributed by atoms with Crippen molar-refractivity contribution in [2.24, 2.45) is 5.41 Å². The molecule has 2 fully saturated rings. The van der Waals surface area contributed by atoms with Gasteiger partial charge in [-0.1, -0.05) is 36.4 Å². The molecule has 150 valence electrons. The minimum absolute atomic E-state index is 0.0238. The van der Waals surface area contributed by atoms with Gasteiger partial charge in [0.2, 0.25) is 0 Å². The van der Waals surface area contributed by atoms with Gasteiger partial charge in [-0.05, 0) is 44.0 Å². The normalized spacial score (nSPS) is 22.6. The smallest absolute Gasteiger partial charge is 0.289 e. The van der Waals surface area contributed by atoms with Crippen LogP contribution in [0, 0.1) is 11.2 Å². The first kappa shape index (κ1) is 18.4. The number of likely N-dealkylation sites (tertiary alicyclic amines) is 2. The van der Waals surface area contributed by atoms with E-state index in [1.165, 1.54) is 6.07 Å². The highest BCUT2D eigenvalue weighted by Crippen LogP contribution is 2.40. The Labute approximate surface area is 169 Å². The van der Waals surface area contributed by atoms with E-state index in [4.69, 9.17) is 4.42 Å². The third-order valence-electron chi connectivity index (χ3n) is 6.45. The molecule has 2 aliphatic rings. The first-order valence-electron chi connectivity index (χ1n) is 10.4. The van der Waals surface area contributed by atoms with E-state index in [0.29, 0.717) is 12.3 Å². The maximum Gasteiger partial charge on any atom is 0.289 e. The number of hydrogen-bond donors (Lipinski definition) is 0. The summed E-state index contributed by atoms with van der Waals surface area (Å²) in [5.74, 6) is 0.256. The number of nitrogens with zero attached hydrogens (tertiary/aromatic N) is 2. The lowest BCUT2D eigenvalue weighted by Gasteiger charge is -2.40. The number of benzene rings is 2. The molecule has 5 heteroatoms. The zero-order valence-electron chi connectivity index (χ0n) is 16.4. The fraction of sp³-hybridized carbons (Fsp3) is 0.375. The van der Waals surface area contributed by atoms with Gasteiger partial charge in [0, 0.05) is 42.5 Å². The van der Waals surface area contributed by atoms with E-state index in [1.807, 2.05) is 47.4 Å². The van der Waals surface area contributed by atoms with Crippen LogP contribution in [0.5, 0.6) is 0 Å². The molecule has 1 amide bonds. The predicted molar refractivity (Wildman–Crippen MR) is 110 cm³/mol. The number of amides is 1. The first-order chi connectivity index (χ1) is 14.1. The van der Waals surface area contributed by atoms with Crippen molar-refractivity contribution in [2.75, 3.05) is 26.2 Å². The molecule has 1 atom stereocenters. The highest BCUT2D eigenvalue weighted by atomic mass is 19.1. The molecular formula is C24H25FN2O2. The topological polar surface area (TPSA) is 36.7 Å². The van der Waals surface area contributed by atoms with Crippen molar-refractivity contribution in [1.29, 1.82) is 0 Å². The molecule has 0 radical (unpaired) electrons. The number of para-hydroxylation sites is 1. The summed E-state index contributed by atoms with van der Waals surface area (Å²) in [6.45, 7) is 4.02. The van der Waals surface area contributed by atoms with E-state index in [1.54, 1.807) is 6.07 Å². The Bertz CT molecular complexity index is 1010. The summed E-state index contributed by atoms with van der Waals surface area (Å²) < 4.78 is 19.9. The fourth-order valence-corrected chi connectivity index (χ4v) is 5.00. The molecule has 0 N–H and O–H groups in total. The summed E-state index contributed by atoms with van der Waals surface area (Å²) in [4.78, 5) is 17.3. The molecule has 1 aromatic heterocycles. The molecule has 2 saturated heterocycles. The van der Waals surface area contributed by atoms with Gasteiger partial charge in [-0.3, -0.25) is 9.69 Å². The Morgan fingerprint density at radius 2 is 1.86 bits per heavy atom. The third kappa shape index (κ3) is 3.55. The van der Waals surface area contributed by atoms with Crippen molar-refractivity contribution in [2.45, 2.75) is 25.8 Å². The number of carbonyl (C=O) groups excluding carboxylic acids is 1. The quantitative estimate of drug-likeness (QED) is 0.648. The van der Waals surface area contributed by atoms with E-state index in [0.717, 1.165) is 62.0 Å². The lowest BCUT2D eigenvalue weighted by Crippen LogP contribution is -2.45. The van der Waals surface area contributed by atoms with E-state index < -0.39 is 0 Å². The molecule has 5 rings (SSSR count). The first-order valence-corrected chi connectivity index (χ1v) is 10.4. The maximum atomic E-state index is 14.1. The zero-order valence-corrected chi connectivity index (χ0v) is 16.4. The van der Waals surface area contributed by atoms with Crippen molar-refractivity contribution in [3.8, 4) is 0 Å². The van der Waals surface area contributed by atoms with Crippen LogP contribution in [0.4, 0.5) is 4.39 Å². The summed E-state index contributed by atoms with van der Waals surface area (Å²) >= 11 is 0. The van der Waals surface area contributed by atoms with Gasteiger partial charge in [-0.15, -0.1) is 0 Å². The fourth-order valence-electron chi connectivity index (χ4n) is 5.00. The van der Waals surface area contributed by atoms with Crippen LogP contribution < -0.4 is 0 Å². The monoisotopic (exact) mass is 392 g/mol. The number of halogens is 1. The summed E-state index contributed by atoms with van der Waals surface area (Å²) in [7, 11) is 0. The molecule has 29 heavy (non-hydrogen) atoms. The summed E-state index contributed by atoms with van der Waals surface area (Å²) in [6, 6.07) is 16.6. The van der Waals surface area contributed by atoms with E-state index in [9.17, 15) is 9.18 Å². The average molecular weight is 392 g/mol. The zero-order chi connectivity index (χ0) is 19.8. The Morgan fingerprint density at radius 1 is 1.03 bits per heavy atom. The Hall–Kier alpha value is -2.66. The van der Waals surface area contributed by atoms with Crippen molar-refractivity contribution in [1.82, 2.24) is 9.80 Å². The second-order valence-corrected chi connectivity index (χ2v) is 8.53. The molecule has 4 nitrogen and oxygen atoms in total. The largest absolute Gasteiger partial charge is 0.451 e. The summed E-state index contributed by atoms with van der Waals surface area (Å²) in [5.41, 5.74) is 1.60. The molecular weight excluding hydrogens is 367 g/mol. The van der Waals surface area contributed by atoms with Gasteiger partial charge in [0.1, 0.15) is 11.4 Å². The van der Waals surface area contributed by atoms with Crippen LogP contribution in [0.3, 0.4) is 0 Å². The molecule has 0 saturated carbocycles. The Morgan fingerprint density at radius 3 is 2.72 bits per heavy atom. The summed E-state index contributed by atoms with van der Waals surface area (Å²) in [5, 5.41) is 0.957. The second-order valence-electron chi connectivity index (χ2n) is 8.53. The number of fused-ring (bicyclic) bond motifs is 1. The van der Waals surface area contributed by atoms with Gasteiger partial charge in [0.15, 0.2) is 5.76 Å². The molecule has 1 unspecified atom stereocenters. The van der Waals surface area contributed by atoms with Crippen LogP contribution in [0.2, 0.25) is 0 Å². The van der Waals surface area contributed by atoms with E-state index in [2.05, 4.69) is 4.90 Å². The SMILES string of the molecule is O=C(c1cc2ccccc2o1)N1CCC2(CCCN(Cc3ccccc3F)C2)C1. The summed E-state index contributed by atoms with van der Waals surface area (Å²) in [6.07, 6.45) is 3.19. The highest BCUT2D eigenvalue weighted by Gasteiger charge is 2.43. The lowest BCUT2D eigenvalue weighted by atomic mass is 9.79. The number of hydrogen-bond acceptors (Lipinski definition) is 3. The van der Waals surface area contributed by atoms with Gasteiger partial charge >= 0.3 is 0 Å². The Balaban J connectivity index is 1.28. The maximum absolute atomic E-state index is 14.1. The Kier molecular flexibility index (Phi) is 4.63. The number of carbonyl (C=O) groups is 1. The van der Waals surface area contributed by atoms with Crippen LogP contribution in [0.15, 0.2) is 59.0 Å². The van der Waals surface area contributed by atoms with Crippen molar-refractivity contribution in [3.63, 3.8) is 0 Å². The van der Waals surface area contributed by atoms with E-state index in [-0.39, 0.29) is 17.1 Å².